The Kier molecular flexibility index (Phi) is 7.90. The smallest absolute Gasteiger partial charge is 0.279 e. The van der Waals surface area contributed by atoms with E-state index in [1.165, 1.54) is 12.0 Å². The highest BCUT2D eigenvalue weighted by Gasteiger charge is 2.15. The third-order valence-electron chi connectivity index (χ3n) is 3.63. The summed E-state index contributed by atoms with van der Waals surface area (Å²) in [5.41, 5.74) is 0.512. The number of likely N-dealkylation sites (N-methyl/N-ethyl adjacent to an activating group) is 1. The Hall–Kier alpha value is -2.09. The summed E-state index contributed by atoms with van der Waals surface area (Å²) in [6, 6.07) is 9.05. The number of rotatable bonds is 9. The summed E-state index contributed by atoms with van der Waals surface area (Å²) in [4.78, 5) is 26.2. The summed E-state index contributed by atoms with van der Waals surface area (Å²) in [7, 11) is 3.32. The molecule has 2 rings (SSSR count). The molecule has 1 aromatic heterocycles. The Bertz CT molecular complexity index is 737. The van der Waals surface area contributed by atoms with Crippen molar-refractivity contribution in [1.29, 1.82) is 0 Å². The number of amides is 2. The minimum absolute atomic E-state index is 0.0767. The van der Waals surface area contributed by atoms with E-state index in [0.717, 1.165) is 11.3 Å². The Balaban J connectivity index is 1.74. The second-order valence-electron chi connectivity index (χ2n) is 5.88. The van der Waals surface area contributed by atoms with Gasteiger partial charge in [-0.25, -0.2) is 0 Å². The normalized spacial score (nSPS) is 11.7. The van der Waals surface area contributed by atoms with Gasteiger partial charge in [-0.15, -0.1) is 11.3 Å². The number of nitrogens with one attached hydrogen (secondary N) is 3. The second kappa shape index (κ2) is 10.2. The van der Waals surface area contributed by atoms with Gasteiger partial charge in [0.25, 0.3) is 11.8 Å². The van der Waals surface area contributed by atoms with Crippen molar-refractivity contribution in [2.24, 2.45) is 0 Å². The van der Waals surface area contributed by atoms with Crippen LogP contribution in [0.15, 0.2) is 35.7 Å². The minimum atomic E-state index is -0.213. The quantitative estimate of drug-likeness (QED) is 0.597. The first-order valence-corrected chi connectivity index (χ1v) is 9.47. The number of methoxy groups -OCH3 is 1. The highest BCUT2D eigenvalue weighted by atomic mass is 35.5. The third-order valence-corrected chi connectivity index (χ3v) is 4.81. The van der Waals surface area contributed by atoms with Crippen molar-refractivity contribution in [2.45, 2.75) is 6.42 Å². The van der Waals surface area contributed by atoms with E-state index < -0.39 is 0 Å². The van der Waals surface area contributed by atoms with Gasteiger partial charge in [0.05, 0.1) is 19.8 Å². The van der Waals surface area contributed by atoms with Crippen LogP contribution < -0.4 is 20.3 Å². The van der Waals surface area contributed by atoms with Gasteiger partial charge >= 0.3 is 0 Å². The summed E-state index contributed by atoms with van der Waals surface area (Å²) < 4.78 is 5.20. The Morgan fingerprint density at radius 2 is 2.00 bits per heavy atom. The molecule has 6 nitrogen and oxygen atoms in total. The van der Waals surface area contributed by atoms with Gasteiger partial charge in [0.1, 0.15) is 5.75 Å². The number of ether oxygens (including phenoxy) is 1. The first-order chi connectivity index (χ1) is 12.5. The number of quaternary nitrogens is 1. The minimum Gasteiger partial charge on any atom is -0.495 e. The molecular formula is C18H23ClN3O3S+. The fourth-order valence-electron chi connectivity index (χ4n) is 2.43. The SMILES string of the molecule is COc1ccc(Cl)cc1NC(=O)C[NH+](C)CC(=O)NCCc1cccs1. The van der Waals surface area contributed by atoms with Crippen LogP contribution in [0.3, 0.4) is 0 Å². The average Bonchev–Trinajstić information content (AvgIpc) is 3.08. The molecule has 0 radical (unpaired) electrons. The van der Waals surface area contributed by atoms with Crippen molar-refractivity contribution >= 4 is 40.4 Å². The zero-order valence-corrected chi connectivity index (χ0v) is 16.4. The molecule has 1 unspecified atom stereocenters. The number of thiophene rings is 1. The van der Waals surface area contributed by atoms with Crippen LogP contribution in [0.25, 0.3) is 0 Å². The van der Waals surface area contributed by atoms with Gasteiger partial charge in [0.2, 0.25) is 0 Å². The molecule has 0 fully saturated rings. The van der Waals surface area contributed by atoms with E-state index in [1.807, 2.05) is 17.5 Å². The predicted octanol–water partition coefficient (Wildman–Crippen LogP) is 1.22. The van der Waals surface area contributed by atoms with Crippen molar-refractivity contribution in [3.8, 4) is 5.75 Å². The van der Waals surface area contributed by atoms with E-state index >= 15 is 0 Å². The number of anilines is 1. The number of carbonyl (C=O) groups excluding carboxylic acids is 2. The largest absolute Gasteiger partial charge is 0.495 e. The van der Waals surface area contributed by atoms with Crippen molar-refractivity contribution in [3.63, 3.8) is 0 Å². The molecule has 0 aliphatic carbocycles. The summed E-state index contributed by atoms with van der Waals surface area (Å²) >= 11 is 7.63. The van der Waals surface area contributed by atoms with E-state index in [1.54, 1.807) is 36.6 Å². The van der Waals surface area contributed by atoms with Crippen LogP contribution in [0.4, 0.5) is 5.69 Å². The molecule has 2 aromatic rings. The van der Waals surface area contributed by atoms with E-state index in [4.69, 9.17) is 16.3 Å². The van der Waals surface area contributed by atoms with Crippen LogP contribution in [-0.2, 0) is 16.0 Å². The highest BCUT2D eigenvalue weighted by Crippen LogP contribution is 2.27. The Morgan fingerprint density at radius 1 is 1.23 bits per heavy atom. The number of hydrogen-bond donors (Lipinski definition) is 3. The molecule has 26 heavy (non-hydrogen) atoms. The molecule has 1 heterocycles. The monoisotopic (exact) mass is 396 g/mol. The molecule has 0 aliphatic rings. The topological polar surface area (TPSA) is 71.9 Å². The second-order valence-corrected chi connectivity index (χ2v) is 7.35. The summed E-state index contributed by atoms with van der Waals surface area (Å²) in [6.45, 7) is 0.983. The van der Waals surface area contributed by atoms with Crippen LogP contribution in [-0.4, -0.2) is 45.6 Å². The van der Waals surface area contributed by atoms with Gasteiger partial charge in [-0.3, -0.25) is 9.59 Å². The first-order valence-electron chi connectivity index (χ1n) is 8.21. The van der Waals surface area contributed by atoms with Gasteiger partial charge in [0.15, 0.2) is 13.1 Å². The maximum absolute atomic E-state index is 12.2. The summed E-state index contributed by atoms with van der Waals surface area (Å²) in [5, 5.41) is 8.17. The number of carbonyl (C=O) groups is 2. The predicted molar refractivity (Wildman–Crippen MR) is 104 cm³/mol. The fourth-order valence-corrected chi connectivity index (χ4v) is 3.31. The van der Waals surface area contributed by atoms with E-state index in [0.29, 0.717) is 23.0 Å². The van der Waals surface area contributed by atoms with Crippen molar-refractivity contribution in [3.05, 3.63) is 45.6 Å². The molecule has 1 aromatic carbocycles. The van der Waals surface area contributed by atoms with Crippen LogP contribution in [0.2, 0.25) is 5.02 Å². The lowest BCUT2D eigenvalue weighted by atomic mass is 10.3. The molecule has 0 saturated carbocycles. The van der Waals surface area contributed by atoms with Crippen LogP contribution in [0.5, 0.6) is 5.75 Å². The van der Waals surface area contributed by atoms with E-state index in [-0.39, 0.29) is 24.9 Å². The van der Waals surface area contributed by atoms with Gasteiger partial charge in [-0.2, -0.15) is 0 Å². The molecular weight excluding hydrogens is 374 g/mol. The Morgan fingerprint density at radius 3 is 2.69 bits per heavy atom. The van der Waals surface area contributed by atoms with Gasteiger partial charge in [0, 0.05) is 16.4 Å². The molecule has 140 valence electrons. The molecule has 1 atom stereocenters. The standard InChI is InChI=1S/C18H22ClN3O3S/c1-22(11-17(23)20-8-7-14-4-3-9-26-14)12-18(24)21-15-10-13(19)5-6-16(15)25-2/h3-6,9-10H,7-8,11-12H2,1-2H3,(H,20,23)(H,21,24)/p+1. The van der Waals surface area contributed by atoms with Gasteiger partial charge in [-0.1, -0.05) is 17.7 Å². The number of hydrogen-bond acceptors (Lipinski definition) is 4. The Labute approximate surface area is 162 Å². The molecule has 0 bridgehead atoms. The van der Waals surface area contributed by atoms with Crippen molar-refractivity contribution in [2.75, 3.05) is 39.1 Å². The third kappa shape index (κ3) is 6.67. The van der Waals surface area contributed by atoms with Crippen LogP contribution >= 0.6 is 22.9 Å². The molecule has 3 N–H and O–H groups in total. The summed E-state index contributed by atoms with van der Waals surface area (Å²) in [6.07, 6.45) is 0.817. The van der Waals surface area contributed by atoms with Crippen LogP contribution in [0, 0.1) is 0 Å². The van der Waals surface area contributed by atoms with E-state index in [9.17, 15) is 9.59 Å². The zero-order valence-electron chi connectivity index (χ0n) is 14.8. The molecule has 0 aliphatic heterocycles. The fraction of sp³-hybridized carbons (Fsp3) is 0.333. The van der Waals surface area contributed by atoms with Crippen molar-refractivity contribution < 1.29 is 19.2 Å². The van der Waals surface area contributed by atoms with E-state index in [2.05, 4.69) is 10.6 Å². The zero-order chi connectivity index (χ0) is 18.9. The van der Waals surface area contributed by atoms with Crippen LogP contribution in [0.1, 0.15) is 4.88 Å². The van der Waals surface area contributed by atoms with Gasteiger partial charge < -0.3 is 20.3 Å². The number of halogens is 1. The highest BCUT2D eigenvalue weighted by molar-refractivity contribution is 7.09. The lowest BCUT2D eigenvalue weighted by molar-refractivity contribution is -0.862. The molecule has 2 amide bonds. The average molecular weight is 397 g/mol. The maximum Gasteiger partial charge on any atom is 0.279 e. The molecule has 8 heteroatoms. The molecule has 0 saturated heterocycles. The summed E-state index contributed by atoms with van der Waals surface area (Å²) in [5.74, 6) is 0.244. The lowest BCUT2D eigenvalue weighted by Gasteiger charge is -2.15. The lowest BCUT2D eigenvalue weighted by Crippen LogP contribution is -3.11. The van der Waals surface area contributed by atoms with Gasteiger partial charge in [-0.05, 0) is 36.1 Å². The maximum atomic E-state index is 12.2. The van der Waals surface area contributed by atoms with Crippen molar-refractivity contribution in [1.82, 2.24) is 5.32 Å². The number of benzene rings is 1. The molecule has 0 spiro atoms. The first kappa shape index (κ1) is 20.2.